The molecule has 0 saturated heterocycles. The fourth-order valence-corrected chi connectivity index (χ4v) is 5.63. The summed E-state index contributed by atoms with van der Waals surface area (Å²) in [6.07, 6.45) is 4.06. The van der Waals surface area contributed by atoms with Gasteiger partial charge >= 0.3 is 6.03 Å². The molecule has 1 aliphatic carbocycles. The highest BCUT2D eigenvalue weighted by atomic mass is 16.5. The van der Waals surface area contributed by atoms with E-state index in [0.717, 1.165) is 17.7 Å². The fraction of sp³-hybridized carbons (Fsp3) is 0.486. The molecule has 250 valence electrons. The van der Waals surface area contributed by atoms with Crippen molar-refractivity contribution in [2.45, 2.75) is 83.5 Å². The molecule has 0 spiro atoms. The third-order valence-corrected chi connectivity index (χ3v) is 8.44. The lowest BCUT2D eigenvalue weighted by Gasteiger charge is -2.32. The van der Waals surface area contributed by atoms with Crippen LogP contribution >= 0.6 is 0 Å². The first kappa shape index (κ1) is 33.9. The number of fused-ring (bicyclic) bond motifs is 2. The minimum atomic E-state index is -0.627. The number of hydrogen-bond acceptors (Lipinski definition) is 9. The van der Waals surface area contributed by atoms with E-state index in [-0.39, 0.29) is 29.2 Å². The second kappa shape index (κ2) is 13.7. The lowest BCUT2D eigenvalue weighted by atomic mass is 9.85. The maximum atomic E-state index is 13.4. The molecule has 2 amide bonds. The summed E-state index contributed by atoms with van der Waals surface area (Å²) in [5.41, 5.74) is 2.42. The Bertz CT molecular complexity index is 1740. The summed E-state index contributed by atoms with van der Waals surface area (Å²) in [4.78, 5) is 37.4. The van der Waals surface area contributed by atoms with Gasteiger partial charge in [-0.15, -0.1) is 10.2 Å². The number of pyridine rings is 1. The van der Waals surface area contributed by atoms with Gasteiger partial charge in [0.2, 0.25) is 0 Å². The number of amides is 2. The van der Waals surface area contributed by atoms with Crippen molar-refractivity contribution in [3.05, 3.63) is 77.1 Å². The highest BCUT2D eigenvalue weighted by Gasteiger charge is 2.31. The molecule has 0 fully saturated rings. The van der Waals surface area contributed by atoms with Crippen molar-refractivity contribution in [1.29, 1.82) is 0 Å². The second-order valence-electron chi connectivity index (χ2n) is 13.8. The van der Waals surface area contributed by atoms with Crippen molar-refractivity contribution in [2.75, 3.05) is 33.1 Å². The maximum absolute atomic E-state index is 13.4. The van der Waals surface area contributed by atoms with E-state index in [4.69, 9.17) is 9.47 Å². The van der Waals surface area contributed by atoms with E-state index < -0.39 is 11.6 Å². The molecule has 0 bridgehead atoms. The van der Waals surface area contributed by atoms with Gasteiger partial charge < -0.3 is 19.7 Å². The number of nitrogens with one attached hydrogen (secondary N) is 2. The number of hydrogen-bond donors (Lipinski definition) is 2. The molecule has 12 heteroatoms. The minimum Gasteiger partial charge on any atom is -0.484 e. The number of Topliss-reactive ketones (excluding diaryl/α,β-unsaturated/α-hetero) is 1. The average Bonchev–Trinajstić information content (AvgIpc) is 3.46. The summed E-state index contributed by atoms with van der Waals surface area (Å²) < 4.78 is 14.1. The molecule has 3 heterocycles. The minimum absolute atomic E-state index is 0.122. The van der Waals surface area contributed by atoms with Crippen molar-refractivity contribution in [2.24, 2.45) is 0 Å². The highest BCUT2D eigenvalue weighted by molar-refractivity contribution is 5.94. The predicted molar refractivity (Wildman–Crippen MR) is 180 cm³/mol. The first-order chi connectivity index (χ1) is 22.2. The molecule has 4 aromatic rings. The van der Waals surface area contributed by atoms with Crippen molar-refractivity contribution >= 4 is 23.3 Å². The Labute approximate surface area is 276 Å². The topological polar surface area (TPSA) is 136 Å². The molecule has 0 unspecified atom stereocenters. The Hall–Kier alpha value is -4.42. The SMILES string of the molecule is COC(C)(C)c1nnc2ccc(O[C@@H]3CC[C@H](NC(=O)Nc4cc(C(C)(C)C)nc(C(=O)CCCN(C)C)n4)c4ccccc43)cn12. The number of carbonyl (C=O) groups is 2. The quantitative estimate of drug-likeness (QED) is 0.189. The first-order valence-corrected chi connectivity index (χ1v) is 16.1. The van der Waals surface area contributed by atoms with Crippen LogP contribution in [0.15, 0.2) is 48.7 Å². The van der Waals surface area contributed by atoms with Gasteiger partial charge in [-0.3, -0.25) is 14.5 Å². The number of ether oxygens (including phenoxy) is 2. The standard InChI is InChI=1S/C35H46N8O4/c1-34(2,3)28-20-29(38-31(37-28)26(44)14-11-19-42(6)7)39-33(45)36-25-16-17-27(24-13-10-9-12-23(24)25)47-22-15-18-30-40-41-32(43(30)21-22)35(4,5)46-8/h9-10,12-13,15,18,20-21,25,27H,11,14,16-17,19H2,1-8H3,(H2,36,37,38,39,45)/t25-,27+/m0/s1. The molecule has 2 atom stereocenters. The van der Waals surface area contributed by atoms with Crippen molar-refractivity contribution in [1.82, 2.24) is 34.8 Å². The Kier molecular flexibility index (Phi) is 9.92. The second-order valence-corrected chi connectivity index (χ2v) is 13.8. The van der Waals surface area contributed by atoms with E-state index in [1.54, 1.807) is 13.2 Å². The smallest absolute Gasteiger partial charge is 0.320 e. The summed E-state index contributed by atoms with van der Waals surface area (Å²) in [7, 11) is 5.59. The van der Waals surface area contributed by atoms with E-state index in [9.17, 15) is 9.59 Å². The lowest BCUT2D eigenvalue weighted by Crippen LogP contribution is -2.36. The van der Waals surface area contributed by atoms with Gasteiger partial charge in [0.05, 0.1) is 17.9 Å². The third-order valence-electron chi connectivity index (χ3n) is 8.44. The zero-order valence-corrected chi connectivity index (χ0v) is 28.6. The zero-order valence-electron chi connectivity index (χ0n) is 28.6. The molecule has 5 rings (SSSR count). The highest BCUT2D eigenvalue weighted by Crippen LogP contribution is 2.39. The van der Waals surface area contributed by atoms with E-state index in [1.807, 2.05) is 101 Å². The van der Waals surface area contributed by atoms with Gasteiger partial charge in [-0.25, -0.2) is 14.8 Å². The van der Waals surface area contributed by atoms with Gasteiger partial charge in [-0.2, -0.15) is 0 Å². The Morgan fingerprint density at radius 3 is 2.45 bits per heavy atom. The van der Waals surface area contributed by atoms with Crippen LogP contribution < -0.4 is 15.4 Å². The largest absolute Gasteiger partial charge is 0.484 e. The Balaban J connectivity index is 1.31. The number of methoxy groups -OCH3 is 1. The van der Waals surface area contributed by atoms with E-state index in [2.05, 4.69) is 30.8 Å². The van der Waals surface area contributed by atoms with Crippen LogP contribution in [0.2, 0.25) is 0 Å². The van der Waals surface area contributed by atoms with Crippen molar-refractivity contribution in [3.63, 3.8) is 0 Å². The molecule has 2 N–H and O–H groups in total. The summed E-state index contributed by atoms with van der Waals surface area (Å²) in [5.74, 6) is 1.63. The molecule has 0 aliphatic heterocycles. The number of rotatable bonds is 11. The summed E-state index contributed by atoms with van der Waals surface area (Å²) in [5, 5.41) is 14.6. The van der Waals surface area contributed by atoms with Crippen LogP contribution in [0, 0.1) is 0 Å². The van der Waals surface area contributed by atoms with Gasteiger partial charge in [0.15, 0.2) is 23.1 Å². The number of nitrogens with zero attached hydrogens (tertiary/aromatic N) is 6. The van der Waals surface area contributed by atoms with Crippen molar-refractivity contribution in [3.8, 4) is 5.75 Å². The molecule has 47 heavy (non-hydrogen) atoms. The molecule has 3 aromatic heterocycles. The Morgan fingerprint density at radius 2 is 1.74 bits per heavy atom. The average molecular weight is 643 g/mol. The number of urea groups is 1. The molecular weight excluding hydrogens is 596 g/mol. The zero-order chi connectivity index (χ0) is 33.9. The van der Waals surface area contributed by atoms with Crippen LogP contribution in [0.3, 0.4) is 0 Å². The van der Waals surface area contributed by atoms with E-state index in [0.29, 0.717) is 54.4 Å². The van der Waals surface area contributed by atoms with Crippen LogP contribution in [0.25, 0.3) is 5.65 Å². The van der Waals surface area contributed by atoms with E-state index in [1.165, 1.54) is 0 Å². The number of ketones is 1. The number of anilines is 1. The van der Waals surface area contributed by atoms with Gasteiger partial charge in [0, 0.05) is 25.0 Å². The van der Waals surface area contributed by atoms with Crippen molar-refractivity contribution < 1.29 is 19.1 Å². The molecule has 0 radical (unpaired) electrons. The summed E-state index contributed by atoms with van der Waals surface area (Å²) >= 11 is 0. The molecule has 1 aliphatic rings. The lowest BCUT2D eigenvalue weighted by molar-refractivity contribution is 0.0106. The van der Waals surface area contributed by atoms with Gasteiger partial charge in [0.1, 0.15) is 23.3 Å². The van der Waals surface area contributed by atoms with Crippen LogP contribution in [0.5, 0.6) is 5.75 Å². The fourth-order valence-electron chi connectivity index (χ4n) is 5.63. The number of benzene rings is 1. The predicted octanol–water partition coefficient (Wildman–Crippen LogP) is 6.00. The van der Waals surface area contributed by atoms with Crippen LogP contribution in [-0.2, 0) is 15.8 Å². The first-order valence-electron chi connectivity index (χ1n) is 16.1. The third kappa shape index (κ3) is 7.94. The maximum Gasteiger partial charge on any atom is 0.320 e. The normalized spacial score (nSPS) is 16.6. The molecule has 12 nitrogen and oxygen atoms in total. The number of carbonyl (C=O) groups excluding carboxylic acids is 2. The Morgan fingerprint density at radius 1 is 1.00 bits per heavy atom. The molecular formula is C35H46N8O4. The molecule has 0 saturated carbocycles. The van der Waals surface area contributed by atoms with Crippen LogP contribution in [0.4, 0.5) is 10.6 Å². The summed E-state index contributed by atoms with van der Waals surface area (Å²) in [6, 6.07) is 12.9. The molecule has 1 aromatic carbocycles. The van der Waals surface area contributed by atoms with Gasteiger partial charge in [0.25, 0.3) is 0 Å². The summed E-state index contributed by atoms with van der Waals surface area (Å²) in [6.45, 7) is 10.7. The number of aromatic nitrogens is 5. The van der Waals surface area contributed by atoms with Gasteiger partial charge in [-0.1, -0.05) is 45.0 Å². The van der Waals surface area contributed by atoms with E-state index >= 15 is 0 Å². The van der Waals surface area contributed by atoms with Crippen LogP contribution in [0.1, 0.15) is 106 Å². The van der Waals surface area contributed by atoms with Gasteiger partial charge in [-0.05, 0) is 77.0 Å². The van der Waals surface area contributed by atoms with Crippen LogP contribution in [-0.4, -0.2) is 69.0 Å². The monoisotopic (exact) mass is 642 g/mol.